The second-order valence-corrected chi connectivity index (χ2v) is 4.11. The highest BCUT2D eigenvalue weighted by Gasteiger charge is 2.19. The van der Waals surface area contributed by atoms with Crippen LogP contribution in [-0.2, 0) is 11.3 Å². The molecule has 1 aromatic carbocycles. The van der Waals surface area contributed by atoms with Gasteiger partial charge in [0.05, 0.1) is 6.61 Å². The lowest BCUT2D eigenvalue weighted by Crippen LogP contribution is -2.14. The van der Waals surface area contributed by atoms with E-state index < -0.39 is 0 Å². The van der Waals surface area contributed by atoms with Gasteiger partial charge in [-0.3, -0.25) is 0 Å². The lowest BCUT2D eigenvalue weighted by Gasteiger charge is -2.23. The normalized spacial score (nSPS) is 16.7. The van der Waals surface area contributed by atoms with Gasteiger partial charge in [0.15, 0.2) is 6.79 Å². The van der Waals surface area contributed by atoms with Crippen LogP contribution in [0.3, 0.4) is 0 Å². The van der Waals surface area contributed by atoms with Crippen molar-refractivity contribution < 1.29 is 14.6 Å². The fraction of sp³-hybridized carbons (Fsp3) is 0.455. The molecular weight excluding hydrogens is 216 g/mol. The van der Waals surface area contributed by atoms with Gasteiger partial charge < -0.3 is 14.6 Å². The molecule has 0 fully saturated rings. The minimum Gasteiger partial charge on any atom is -0.467 e. The number of hydrogen-bond acceptors (Lipinski definition) is 3. The number of benzene rings is 1. The predicted octanol–water partition coefficient (Wildman–Crippen LogP) is 2.30. The molecule has 2 rings (SSSR count). The maximum Gasteiger partial charge on any atom is 0.189 e. The van der Waals surface area contributed by atoms with Crippen LogP contribution in [0.5, 0.6) is 5.75 Å². The van der Waals surface area contributed by atoms with Crippen LogP contribution in [0.2, 0.25) is 5.02 Å². The van der Waals surface area contributed by atoms with Gasteiger partial charge in [0.1, 0.15) is 5.75 Å². The Balaban J connectivity index is 2.47. The molecule has 0 radical (unpaired) electrons. The summed E-state index contributed by atoms with van der Waals surface area (Å²) in [5.74, 6) is 0.836. The average Bonchev–Trinajstić information content (AvgIpc) is 2.26. The monoisotopic (exact) mass is 228 g/mol. The van der Waals surface area contributed by atoms with Crippen molar-refractivity contribution in [2.75, 3.05) is 13.4 Å². The molecule has 0 amide bonds. The Bertz CT molecular complexity index is 365. The van der Waals surface area contributed by atoms with E-state index in [2.05, 4.69) is 0 Å². The Kier molecular flexibility index (Phi) is 3.14. The fourth-order valence-corrected chi connectivity index (χ4v) is 1.92. The van der Waals surface area contributed by atoms with Crippen LogP contribution < -0.4 is 4.74 Å². The molecule has 1 aliphatic heterocycles. The molecule has 1 N–H and O–H groups in total. The Morgan fingerprint density at radius 2 is 2.33 bits per heavy atom. The molecular formula is C11H13ClO3. The van der Waals surface area contributed by atoms with Gasteiger partial charge in [0.2, 0.25) is 0 Å². The maximum absolute atomic E-state index is 9.15. The third kappa shape index (κ3) is 2.09. The van der Waals surface area contributed by atoms with E-state index in [1.165, 1.54) is 0 Å². The smallest absolute Gasteiger partial charge is 0.189 e. The molecule has 1 aromatic rings. The lowest BCUT2D eigenvalue weighted by atomic mass is 9.98. The minimum atomic E-state index is 0.0237. The number of hydrogen-bond donors (Lipinski definition) is 1. The molecule has 0 aromatic heterocycles. The number of ether oxygens (including phenoxy) is 2. The molecule has 1 aliphatic rings. The van der Waals surface area contributed by atoms with Crippen LogP contribution >= 0.6 is 11.6 Å². The van der Waals surface area contributed by atoms with E-state index in [1.54, 1.807) is 0 Å². The summed E-state index contributed by atoms with van der Waals surface area (Å²) in [6.07, 6.45) is 0. The second-order valence-electron chi connectivity index (χ2n) is 3.68. The highest BCUT2D eigenvalue weighted by molar-refractivity contribution is 6.30. The number of halogens is 1. The van der Waals surface area contributed by atoms with Crippen LogP contribution in [0.1, 0.15) is 24.0 Å². The van der Waals surface area contributed by atoms with E-state index in [1.807, 2.05) is 19.1 Å². The standard InChI is InChI=1S/C11H13ClO3/c1-7(4-13)10-3-9(12)2-8-5-14-6-15-11(8)10/h2-3,7,13H,4-6H2,1H3. The number of aliphatic hydroxyl groups is 1. The molecule has 0 bridgehead atoms. The summed E-state index contributed by atoms with van der Waals surface area (Å²) in [6, 6.07) is 3.68. The van der Waals surface area contributed by atoms with Crippen molar-refractivity contribution in [2.24, 2.45) is 0 Å². The van der Waals surface area contributed by atoms with Crippen molar-refractivity contribution >= 4 is 11.6 Å². The van der Waals surface area contributed by atoms with Crippen molar-refractivity contribution in [1.29, 1.82) is 0 Å². The minimum absolute atomic E-state index is 0.0237. The Morgan fingerprint density at radius 1 is 1.53 bits per heavy atom. The summed E-state index contributed by atoms with van der Waals surface area (Å²) in [7, 11) is 0. The zero-order chi connectivity index (χ0) is 10.8. The third-order valence-electron chi connectivity index (χ3n) is 2.51. The molecule has 0 saturated heterocycles. The summed E-state index contributed by atoms with van der Waals surface area (Å²) < 4.78 is 10.6. The molecule has 0 spiro atoms. The average molecular weight is 229 g/mol. The molecule has 0 aliphatic carbocycles. The second kappa shape index (κ2) is 4.39. The molecule has 1 heterocycles. The molecule has 1 atom stereocenters. The summed E-state index contributed by atoms with van der Waals surface area (Å²) in [4.78, 5) is 0. The zero-order valence-electron chi connectivity index (χ0n) is 8.50. The van der Waals surface area contributed by atoms with Crippen LogP contribution in [-0.4, -0.2) is 18.5 Å². The molecule has 0 saturated carbocycles. The molecule has 1 unspecified atom stereocenters. The fourth-order valence-electron chi connectivity index (χ4n) is 1.67. The SMILES string of the molecule is CC(CO)c1cc(Cl)cc2c1OCOC2. The Labute approximate surface area is 93.6 Å². The largest absolute Gasteiger partial charge is 0.467 e. The van der Waals surface area contributed by atoms with Crippen molar-refractivity contribution in [1.82, 2.24) is 0 Å². The van der Waals surface area contributed by atoms with E-state index in [0.717, 1.165) is 16.9 Å². The van der Waals surface area contributed by atoms with E-state index in [0.29, 0.717) is 11.6 Å². The van der Waals surface area contributed by atoms with E-state index in [-0.39, 0.29) is 19.3 Å². The van der Waals surface area contributed by atoms with Crippen molar-refractivity contribution in [2.45, 2.75) is 19.4 Å². The number of aliphatic hydroxyl groups excluding tert-OH is 1. The van der Waals surface area contributed by atoms with Crippen molar-refractivity contribution in [3.63, 3.8) is 0 Å². The predicted molar refractivity (Wildman–Crippen MR) is 57.2 cm³/mol. The van der Waals surface area contributed by atoms with Gasteiger partial charge in [-0.2, -0.15) is 0 Å². The van der Waals surface area contributed by atoms with Gasteiger partial charge in [-0.25, -0.2) is 0 Å². The lowest BCUT2D eigenvalue weighted by molar-refractivity contribution is -0.0173. The summed E-state index contributed by atoms with van der Waals surface area (Å²) >= 11 is 5.99. The van der Waals surface area contributed by atoms with Crippen LogP contribution in [0.15, 0.2) is 12.1 Å². The first-order valence-corrected chi connectivity index (χ1v) is 5.24. The number of fused-ring (bicyclic) bond motifs is 1. The summed E-state index contributed by atoms with van der Waals surface area (Å²) in [5.41, 5.74) is 1.90. The first-order chi connectivity index (χ1) is 7.22. The molecule has 4 heteroatoms. The van der Waals surface area contributed by atoms with Gasteiger partial charge in [-0.1, -0.05) is 18.5 Å². The summed E-state index contributed by atoms with van der Waals surface area (Å²) in [6.45, 7) is 2.79. The van der Waals surface area contributed by atoms with E-state index in [4.69, 9.17) is 26.2 Å². The molecule has 3 nitrogen and oxygen atoms in total. The quantitative estimate of drug-likeness (QED) is 0.844. The first-order valence-electron chi connectivity index (χ1n) is 4.86. The van der Waals surface area contributed by atoms with Crippen LogP contribution in [0.4, 0.5) is 0 Å². The Hall–Kier alpha value is -0.770. The topological polar surface area (TPSA) is 38.7 Å². The van der Waals surface area contributed by atoms with Gasteiger partial charge in [0, 0.05) is 28.7 Å². The van der Waals surface area contributed by atoms with Gasteiger partial charge in [-0.15, -0.1) is 0 Å². The van der Waals surface area contributed by atoms with Crippen molar-refractivity contribution in [3.8, 4) is 5.75 Å². The van der Waals surface area contributed by atoms with Crippen LogP contribution in [0, 0.1) is 0 Å². The molecule has 15 heavy (non-hydrogen) atoms. The van der Waals surface area contributed by atoms with Crippen LogP contribution in [0.25, 0.3) is 0 Å². The maximum atomic E-state index is 9.15. The van der Waals surface area contributed by atoms with Gasteiger partial charge >= 0.3 is 0 Å². The van der Waals surface area contributed by atoms with E-state index >= 15 is 0 Å². The first kappa shape index (κ1) is 10.7. The summed E-state index contributed by atoms with van der Waals surface area (Å²) in [5, 5.41) is 9.80. The highest BCUT2D eigenvalue weighted by Crippen LogP contribution is 2.35. The number of rotatable bonds is 2. The van der Waals surface area contributed by atoms with Gasteiger partial charge in [0.25, 0.3) is 0 Å². The third-order valence-corrected chi connectivity index (χ3v) is 2.73. The van der Waals surface area contributed by atoms with Gasteiger partial charge in [-0.05, 0) is 12.1 Å². The highest BCUT2D eigenvalue weighted by atomic mass is 35.5. The Morgan fingerprint density at radius 3 is 3.07 bits per heavy atom. The molecule has 82 valence electrons. The van der Waals surface area contributed by atoms with Crippen molar-refractivity contribution in [3.05, 3.63) is 28.3 Å². The zero-order valence-corrected chi connectivity index (χ0v) is 9.25. The van der Waals surface area contributed by atoms with E-state index in [9.17, 15) is 0 Å².